The molecule has 2 aromatic heterocycles. The standard InChI is InChI=1S/C10H12N4O3/c1-2-3-9-12-8(13-17-9)6-14-5-7(4-11-14)10(15)16/h4-5H,2-3,6H2,1H3,(H,15,16). The largest absolute Gasteiger partial charge is 0.478 e. The van der Waals surface area contributed by atoms with Gasteiger partial charge >= 0.3 is 5.97 Å². The summed E-state index contributed by atoms with van der Waals surface area (Å²) in [6, 6.07) is 0. The second kappa shape index (κ2) is 4.77. The molecule has 7 nitrogen and oxygen atoms in total. The molecule has 1 N–H and O–H groups in total. The number of hydrogen-bond donors (Lipinski definition) is 1. The lowest BCUT2D eigenvalue weighted by molar-refractivity contribution is 0.0697. The van der Waals surface area contributed by atoms with Gasteiger partial charge in [0, 0.05) is 12.6 Å². The van der Waals surface area contributed by atoms with E-state index < -0.39 is 5.97 Å². The number of carboxylic acid groups (broad SMARTS) is 1. The Morgan fingerprint density at radius 3 is 3.06 bits per heavy atom. The molecule has 7 heteroatoms. The first-order valence-corrected chi connectivity index (χ1v) is 5.26. The predicted octanol–water partition coefficient (Wildman–Crippen LogP) is 0.965. The lowest BCUT2D eigenvalue weighted by atomic mass is 10.3. The summed E-state index contributed by atoms with van der Waals surface area (Å²) in [5, 5.41) is 16.4. The number of aromatic carboxylic acids is 1. The van der Waals surface area contributed by atoms with E-state index in [9.17, 15) is 4.79 Å². The average Bonchev–Trinajstić information content (AvgIpc) is 2.89. The van der Waals surface area contributed by atoms with Crippen LogP contribution in [0, 0.1) is 0 Å². The molecular weight excluding hydrogens is 224 g/mol. The smallest absolute Gasteiger partial charge is 0.338 e. The van der Waals surface area contributed by atoms with E-state index in [2.05, 4.69) is 15.2 Å². The molecule has 0 amide bonds. The summed E-state index contributed by atoms with van der Waals surface area (Å²) < 4.78 is 6.48. The monoisotopic (exact) mass is 236 g/mol. The van der Waals surface area contributed by atoms with Crippen LogP contribution in [0.3, 0.4) is 0 Å². The van der Waals surface area contributed by atoms with Crippen LogP contribution in [0.25, 0.3) is 0 Å². The minimum atomic E-state index is -1.00. The number of aryl methyl sites for hydroxylation is 1. The molecule has 0 radical (unpaired) electrons. The Hall–Kier alpha value is -2.18. The van der Waals surface area contributed by atoms with Gasteiger partial charge in [-0.05, 0) is 6.42 Å². The Kier molecular flexibility index (Phi) is 3.17. The molecule has 0 aliphatic heterocycles. The van der Waals surface area contributed by atoms with E-state index in [-0.39, 0.29) is 5.56 Å². The van der Waals surface area contributed by atoms with Gasteiger partial charge in [-0.3, -0.25) is 4.68 Å². The maximum Gasteiger partial charge on any atom is 0.338 e. The van der Waals surface area contributed by atoms with Crippen LogP contribution in [-0.4, -0.2) is 31.0 Å². The molecule has 2 heterocycles. The van der Waals surface area contributed by atoms with Gasteiger partial charge in [-0.1, -0.05) is 12.1 Å². The number of carboxylic acids is 1. The van der Waals surface area contributed by atoms with E-state index >= 15 is 0 Å². The van der Waals surface area contributed by atoms with Crippen LogP contribution in [-0.2, 0) is 13.0 Å². The molecule has 0 atom stereocenters. The molecule has 0 spiro atoms. The summed E-state index contributed by atoms with van der Waals surface area (Å²) >= 11 is 0. The quantitative estimate of drug-likeness (QED) is 0.831. The molecule has 0 saturated carbocycles. The normalized spacial score (nSPS) is 10.6. The van der Waals surface area contributed by atoms with Crippen molar-refractivity contribution in [3.8, 4) is 0 Å². The fourth-order valence-corrected chi connectivity index (χ4v) is 1.38. The molecule has 0 fully saturated rings. The highest BCUT2D eigenvalue weighted by Crippen LogP contribution is 2.03. The van der Waals surface area contributed by atoms with E-state index in [1.54, 1.807) is 0 Å². The van der Waals surface area contributed by atoms with E-state index in [4.69, 9.17) is 9.63 Å². The van der Waals surface area contributed by atoms with E-state index in [1.165, 1.54) is 17.1 Å². The highest BCUT2D eigenvalue weighted by Gasteiger charge is 2.09. The fourth-order valence-electron chi connectivity index (χ4n) is 1.38. The van der Waals surface area contributed by atoms with Crippen LogP contribution in [0.15, 0.2) is 16.9 Å². The van der Waals surface area contributed by atoms with Gasteiger partial charge in [0.1, 0.15) is 6.54 Å². The third-order valence-corrected chi connectivity index (χ3v) is 2.16. The van der Waals surface area contributed by atoms with Gasteiger partial charge in [-0.2, -0.15) is 10.1 Å². The van der Waals surface area contributed by atoms with Gasteiger partial charge in [-0.25, -0.2) is 4.79 Å². The molecule has 0 unspecified atom stereocenters. The average molecular weight is 236 g/mol. The van der Waals surface area contributed by atoms with Gasteiger partial charge in [0.05, 0.1) is 11.8 Å². The number of rotatable bonds is 5. The van der Waals surface area contributed by atoms with Gasteiger partial charge in [0.2, 0.25) is 5.89 Å². The molecule has 0 bridgehead atoms. The molecule has 0 aliphatic carbocycles. The molecule has 0 aromatic carbocycles. The summed E-state index contributed by atoms with van der Waals surface area (Å²) in [4.78, 5) is 14.8. The van der Waals surface area contributed by atoms with Crippen LogP contribution in [0.1, 0.15) is 35.4 Å². The summed E-state index contributed by atoms with van der Waals surface area (Å²) in [6.45, 7) is 2.33. The third-order valence-electron chi connectivity index (χ3n) is 2.16. The van der Waals surface area contributed by atoms with Crippen molar-refractivity contribution in [3.05, 3.63) is 29.7 Å². The zero-order valence-electron chi connectivity index (χ0n) is 9.33. The van der Waals surface area contributed by atoms with E-state index in [1.807, 2.05) is 6.92 Å². The zero-order chi connectivity index (χ0) is 12.3. The molecule has 2 rings (SSSR count). The maximum atomic E-state index is 10.7. The first kappa shape index (κ1) is 11.3. The highest BCUT2D eigenvalue weighted by molar-refractivity contribution is 5.86. The minimum Gasteiger partial charge on any atom is -0.478 e. The minimum absolute atomic E-state index is 0.141. The van der Waals surface area contributed by atoms with Crippen molar-refractivity contribution >= 4 is 5.97 Å². The Morgan fingerprint density at radius 1 is 1.59 bits per heavy atom. The van der Waals surface area contributed by atoms with Gasteiger partial charge in [0.25, 0.3) is 0 Å². The molecule has 0 saturated heterocycles. The van der Waals surface area contributed by atoms with Crippen molar-refractivity contribution < 1.29 is 14.4 Å². The number of nitrogens with zero attached hydrogens (tertiary/aromatic N) is 4. The maximum absolute atomic E-state index is 10.7. The fraction of sp³-hybridized carbons (Fsp3) is 0.400. The molecule has 17 heavy (non-hydrogen) atoms. The second-order valence-corrected chi connectivity index (χ2v) is 3.59. The van der Waals surface area contributed by atoms with Crippen molar-refractivity contribution in [3.63, 3.8) is 0 Å². The van der Waals surface area contributed by atoms with Crippen LogP contribution in [0.2, 0.25) is 0 Å². The molecule has 2 aromatic rings. The third kappa shape index (κ3) is 2.68. The summed E-state index contributed by atoms with van der Waals surface area (Å²) in [5.41, 5.74) is 0.141. The number of carbonyl (C=O) groups is 1. The summed E-state index contributed by atoms with van der Waals surface area (Å²) in [5.74, 6) is 0.0811. The molecule has 90 valence electrons. The van der Waals surface area contributed by atoms with Crippen LogP contribution < -0.4 is 0 Å². The van der Waals surface area contributed by atoms with Crippen molar-refractivity contribution in [2.75, 3.05) is 0 Å². The highest BCUT2D eigenvalue weighted by atomic mass is 16.5. The summed E-state index contributed by atoms with van der Waals surface area (Å²) in [6.07, 6.45) is 4.40. The van der Waals surface area contributed by atoms with E-state index in [0.717, 1.165) is 12.8 Å². The Balaban J connectivity index is 2.05. The lowest BCUT2D eigenvalue weighted by Crippen LogP contribution is -2.02. The van der Waals surface area contributed by atoms with Crippen LogP contribution in [0.4, 0.5) is 0 Å². The Bertz CT molecular complexity index is 517. The Morgan fingerprint density at radius 2 is 2.41 bits per heavy atom. The lowest BCUT2D eigenvalue weighted by Gasteiger charge is -1.93. The van der Waals surface area contributed by atoms with Crippen molar-refractivity contribution in [1.29, 1.82) is 0 Å². The van der Waals surface area contributed by atoms with Crippen LogP contribution >= 0.6 is 0 Å². The van der Waals surface area contributed by atoms with Gasteiger partial charge < -0.3 is 9.63 Å². The van der Waals surface area contributed by atoms with Crippen molar-refractivity contribution in [2.24, 2.45) is 0 Å². The molecule has 0 aliphatic rings. The zero-order valence-corrected chi connectivity index (χ0v) is 9.33. The van der Waals surface area contributed by atoms with Crippen molar-refractivity contribution in [2.45, 2.75) is 26.3 Å². The number of hydrogen-bond acceptors (Lipinski definition) is 5. The van der Waals surface area contributed by atoms with E-state index in [0.29, 0.717) is 18.3 Å². The second-order valence-electron chi connectivity index (χ2n) is 3.59. The predicted molar refractivity (Wildman–Crippen MR) is 56.6 cm³/mol. The van der Waals surface area contributed by atoms with Crippen molar-refractivity contribution in [1.82, 2.24) is 19.9 Å². The molecular formula is C10H12N4O3. The summed E-state index contributed by atoms with van der Waals surface area (Å²) in [7, 11) is 0. The topological polar surface area (TPSA) is 94.0 Å². The first-order chi connectivity index (χ1) is 8.19. The first-order valence-electron chi connectivity index (χ1n) is 5.26. The van der Waals surface area contributed by atoms with Gasteiger partial charge in [0.15, 0.2) is 5.82 Å². The van der Waals surface area contributed by atoms with Crippen LogP contribution in [0.5, 0.6) is 0 Å². The number of aromatic nitrogens is 4. The Labute approximate surface area is 97.1 Å². The SMILES string of the molecule is CCCc1nc(Cn2cc(C(=O)O)cn2)no1. The van der Waals surface area contributed by atoms with Gasteiger partial charge in [-0.15, -0.1) is 0 Å².